The number of carbonyl (C=O) groups excluding carboxylic acids is 2. The molecular formula is C19H22N4O3. The summed E-state index contributed by atoms with van der Waals surface area (Å²) in [7, 11) is 1.58. The standard InChI is InChI=1S/C19H22N4O3/c1-12(2)18-20-8-7-16(22-18)19(25)21-13-9-17(24)23(11-13)14-5-4-6-15(10-14)26-3/h4-8,10,12-13H,9,11H2,1-3H3,(H,21,25)/t13-/m1/s1. The lowest BCUT2D eigenvalue weighted by molar-refractivity contribution is -0.117. The zero-order valence-electron chi connectivity index (χ0n) is 15.1. The number of methoxy groups -OCH3 is 1. The smallest absolute Gasteiger partial charge is 0.270 e. The number of carbonyl (C=O) groups is 2. The largest absolute Gasteiger partial charge is 0.497 e. The van der Waals surface area contributed by atoms with E-state index in [2.05, 4.69) is 15.3 Å². The molecule has 7 heteroatoms. The number of anilines is 1. The minimum Gasteiger partial charge on any atom is -0.497 e. The van der Waals surface area contributed by atoms with Gasteiger partial charge in [0.05, 0.1) is 13.2 Å². The molecule has 0 aliphatic carbocycles. The summed E-state index contributed by atoms with van der Waals surface area (Å²) >= 11 is 0. The fourth-order valence-electron chi connectivity index (χ4n) is 2.87. The van der Waals surface area contributed by atoms with Gasteiger partial charge in [-0.15, -0.1) is 0 Å². The first kappa shape index (κ1) is 17.8. The van der Waals surface area contributed by atoms with Gasteiger partial charge in [0.15, 0.2) is 0 Å². The van der Waals surface area contributed by atoms with Gasteiger partial charge in [-0.3, -0.25) is 9.59 Å². The quantitative estimate of drug-likeness (QED) is 0.889. The molecule has 0 unspecified atom stereocenters. The molecular weight excluding hydrogens is 332 g/mol. The maximum absolute atomic E-state index is 12.5. The highest BCUT2D eigenvalue weighted by Crippen LogP contribution is 2.25. The van der Waals surface area contributed by atoms with Crippen molar-refractivity contribution in [3.63, 3.8) is 0 Å². The van der Waals surface area contributed by atoms with E-state index in [9.17, 15) is 9.59 Å². The van der Waals surface area contributed by atoms with Gasteiger partial charge in [-0.1, -0.05) is 19.9 Å². The predicted octanol–water partition coefficient (Wildman–Crippen LogP) is 2.14. The Labute approximate surface area is 152 Å². The van der Waals surface area contributed by atoms with Gasteiger partial charge in [0.2, 0.25) is 5.91 Å². The molecule has 2 aromatic rings. The Morgan fingerprint density at radius 2 is 2.15 bits per heavy atom. The molecule has 1 N–H and O–H groups in total. The molecule has 136 valence electrons. The predicted molar refractivity (Wildman–Crippen MR) is 97.3 cm³/mol. The summed E-state index contributed by atoms with van der Waals surface area (Å²) in [5, 5.41) is 2.90. The molecule has 1 aliphatic rings. The van der Waals surface area contributed by atoms with Crippen LogP contribution in [-0.4, -0.2) is 41.5 Å². The number of ether oxygens (including phenoxy) is 1. The molecule has 3 rings (SSSR count). The third-order valence-electron chi connectivity index (χ3n) is 4.25. The average Bonchev–Trinajstić information content (AvgIpc) is 3.02. The van der Waals surface area contributed by atoms with E-state index in [-0.39, 0.29) is 30.2 Å². The number of nitrogens with one attached hydrogen (secondary N) is 1. The lowest BCUT2D eigenvalue weighted by Gasteiger charge is -2.18. The van der Waals surface area contributed by atoms with E-state index in [1.54, 1.807) is 30.3 Å². The van der Waals surface area contributed by atoms with Gasteiger partial charge >= 0.3 is 0 Å². The van der Waals surface area contributed by atoms with Crippen LogP contribution < -0.4 is 15.0 Å². The van der Waals surface area contributed by atoms with Crippen LogP contribution in [0.15, 0.2) is 36.5 Å². The van der Waals surface area contributed by atoms with Crippen LogP contribution >= 0.6 is 0 Å². The summed E-state index contributed by atoms with van der Waals surface area (Å²) in [6.45, 7) is 4.36. The van der Waals surface area contributed by atoms with Crippen LogP contribution in [0.5, 0.6) is 5.75 Å². The zero-order chi connectivity index (χ0) is 18.7. The Hall–Kier alpha value is -2.96. The van der Waals surface area contributed by atoms with Crippen molar-refractivity contribution in [1.82, 2.24) is 15.3 Å². The van der Waals surface area contributed by atoms with E-state index >= 15 is 0 Å². The van der Waals surface area contributed by atoms with Crippen molar-refractivity contribution < 1.29 is 14.3 Å². The van der Waals surface area contributed by atoms with Crippen molar-refractivity contribution in [3.05, 3.63) is 48.0 Å². The van der Waals surface area contributed by atoms with E-state index < -0.39 is 0 Å². The SMILES string of the molecule is COc1cccc(N2C[C@H](NC(=O)c3ccnc(C(C)C)n3)CC2=O)c1. The summed E-state index contributed by atoms with van der Waals surface area (Å²) in [4.78, 5) is 35.0. The van der Waals surface area contributed by atoms with Gasteiger partial charge in [0.1, 0.15) is 17.3 Å². The minimum absolute atomic E-state index is 0.0332. The van der Waals surface area contributed by atoms with Crippen LogP contribution in [-0.2, 0) is 4.79 Å². The summed E-state index contributed by atoms with van der Waals surface area (Å²) in [5.41, 5.74) is 1.08. The number of hydrogen-bond acceptors (Lipinski definition) is 5. The normalized spacial score (nSPS) is 16.8. The first-order valence-electron chi connectivity index (χ1n) is 8.56. The summed E-state index contributed by atoms with van der Waals surface area (Å²) < 4.78 is 5.21. The van der Waals surface area contributed by atoms with Gasteiger partial charge < -0.3 is 15.0 Å². The fraction of sp³-hybridized carbons (Fsp3) is 0.368. The number of benzene rings is 1. The molecule has 7 nitrogen and oxygen atoms in total. The van der Waals surface area contributed by atoms with Crippen LogP contribution in [0, 0.1) is 0 Å². The van der Waals surface area contributed by atoms with E-state index in [1.165, 1.54) is 0 Å². The Balaban J connectivity index is 1.69. The molecule has 26 heavy (non-hydrogen) atoms. The van der Waals surface area contributed by atoms with Gasteiger partial charge in [0, 0.05) is 36.8 Å². The Bertz CT molecular complexity index is 822. The molecule has 0 spiro atoms. The molecule has 0 bridgehead atoms. The van der Waals surface area contributed by atoms with E-state index in [0.29, 0.717) is 23.8 Å². The van der Waals surface area contributed by atoms with Gasteiger partial charge in [-0.05, 0) is 18.2 Å². The Kier molecular flexibility index (Phi) is 5.16. The van der Waals surface area contributed by atoms with E-state index in [4.69, 9.17) is 4.74 Å². The number of rotatable bonds is 5. The summed E-state index contributed by atoms with van der Waals surface area (Å²) in [5.74, 6) is 1.12. The molecule has 0 saturated carbocycles. The summed E-state index contributed by atoms with van der Waals surface area (Å²) in [6, 6.07) is 8.63. The monoisotopic (exact) mass is 354 g/mol. The van der Waals surface area contributed by atoms with Crippen LogP contribution in [0.4, 0.5) is 5.69 Å². The molecule has 1 aliphatic heterocycles. The van der Waals surface area contributed by atoms with E-state index in [0.717, 1.165) is 5.69 Å². The van der Waals surface area contributed by atoms with Crippen LogP contribution in [0.2, 0.25) is 0 Å². The number of amides is 2. The lowest BCUT2D eigenvalue weighted by atomic mass is 10.2. The topological polar surface area (TPSA) is 84.4 Å². The maximum atomic E-state index is 12.5. The number of nitrogens with zero attached hydrogens (tertiary/aromatic N) is 3. The highest BCUT2D eigenvalue weighted by Gasteiger charge is 2.32. The maximum Gasteiger partial charge on any atom is 0.270 e. The molecule has 1 fully saturated rings. The highest BCUT2D eigenvalue weighted by molar-refractivity contribution is 5.98. The van der Waals surface area contributed by atoms with Crippen molar-refractivity contribution in [2.45, 2.75) is 32.2 Å². The van der Waals surface area contributed by atoms with Crippen LogP contribution in [0.25, 0.3) is 0 Å². The second-order valence-corrected chi connectivity index (χ2v) is 6.54. The highest BCUT2D eigenvalue weighted by atomic mass is 16.5. The van der Waals surface area contributed by atoms with E-state index in [1.807, 2.05) is 32.0 Å². The molecule has 1 saturated heterocycles. The average molecular weight is 354 g/mol. The molecule has 2 amide bonds. The molecule has 1 aromatic carbocycles. The second-order valence-electron chi connectivity index (χ2n) is 6.54. The van der Waals surface area contributed by atoms with Gasteiger partial charge in [-0.25, -0.2) is 9.97 Å². The number of hydrogen-bond donors (Lipinski definition) is 1. The Morgan fingerprint density at radius 1 is 1.35 bits per heavy atom. The molecule has 0 radical (unpaired) electrons. The van der Waals surface area contributed by atoms with Crippen LogP contribution in [0.1, 0.15) is 42.5 Å². The van der Waals surface area contributed by atoms with Crippen LogP contribution in [0.3, 0.4) is 0 Å². The number of aromatic nitrogens is 2. The third-order valence-corrected chi connectivity index (χ3v) is 4.25. The van der Waals surface area contributed by atoms with Crippen molar-refractivity contribution in [2.75, 3.05) is 18.6 Å². The molecule has 1 atom stereocenters. The molecule has 2 heterocycles. The first-order chi connectivity index (χ1) is 12.5. The van der Waals surface area contributed by atoms with Crippen molar-refractivity contribution in [2.24, 2.45) is 0 Å². The minimum atomic E-state index is -0.292. The fourth-order valence-corrected chi connectivity index (χ4v) is 2.87. The summed E-state index contributed by atoms with van der Waals surface area (Å²) in [6.07, 6.45) is 1.84. The zero-order valence-corrected chi connectivity index (χ0v) is 15.1. The second kappa shape index (κ2) is 7.51. The van der Waals surface area contributed by atoms with Gasteiger partial charge in [0.25, 0.3) is 5.91 Å². The van der Waals surface area contributed by atoms with Crippen molar-refractivity contribution >= 4 is 17.5 Å². The molecule has 1 aromatic heterocycles. The van der Waals surface area contributed by atoms with Gasteiger partial charge in [-0.2, -0.15) is 0 Å². The van der Waals surface area contributed by atoms with Crippen molar-refractivity contribution in [3.8, 4) is 5.75 Å². The lowest BCUT2D eigenvalue weighted by Crippen LogP contribution is -2.37. The first-order valence-corrected chi connectivity index (χ1v) is 8.56. The third kappa shape index (κ3) is 3.82. The van der Waals surface area contributed by atoms with Crippen molar-refractivity contribution in [1.29, 1.82) is 0 Å². The Morgan fingerprint density at radius 3 is 2.88 bits per heavy atom.